The Kier molecular flexibility index (Phi) is 5.21. The van der Waals surface area contributed by atoms with Crippen LogP contribution in [0.25, 0.3) is 27.6 Å². The maximum Gasteiger partial charge on any atom is 0.271 e. The highest BCUT2D eigenvalue weighted by molar-refractivity contribution is 8.19. The van der Waals surface area contributed by atoms with Crippen LogP contribution in [0.4, 0.5) is 11.4 Å². The van der Waals surface area contributed by atoms with Crippen molar-refractivity contribution in [2.24, 2.45) is 4.99 Å². The van der Waals surface area contributed by atoms with Gasteiger partial charge in [0, 0.05) is 10.8 Å². The summed E-state index contributed by atoms with van der Waals surface area (Å²) in [4.78, 5) is 21.2. The van der Waals surface area contributed by atoms with Crippen molar-refractivity contribution in [2.75, 3.05) is 4.90 Å². The first-order chi connectivity index (χ1) is 16.8. The van der Waals surface area contributed by atoms with E-state index in [1.165, 1.54) is 11.8 Å². The summed E-state index contributed by atoms with van der Waals surface area (Å²) in [5, 5.41) is 4.94. The summed E-state index contributed by atoms with van der Waals surface area (Å²) in [6.45, 7) is 0. The molecule has 4 heteroatoms. The van der Waals surface area contributed by atoms with Gasteiger partial charge in [0.05, 0.1) is 16.3 Å². The Balaban J connectivity index is 1.55. The Morgan fingerprint density at radius 3 is 2.06 bits per heavy atom. The van der Waals surface area contributed by atoms with Crippen LogP contribution in [0.1, 0.15) is 5.56 Å². The van der Waals surface area contributed by atoms with Crippen LogP contribution >= 0.6 is 11.8 Å². The summed E-state index contributed by atoms with van der Waals surface area (Å²) in [5.74, 6) is -0.0656. The number of anilines is 1. The Labute approximate surface area is 202 Å². The average Bonchev–Trinajstić information content (AvgIpc) is 3.18. The molecule has 3 nitrogen and oxygen atoms in total. The van der Waals surface area contributed by atoms with E-state index in [0.29, 0.717) is 10.1 Å². The molecule has 1 heterocycles. The van der Waals surface area contributed by atoms with E-state index in [-0.39, 0.29) is 5.91 Å². The molecule has 1 amide bonds. The van der Waals surface area contributed by atoms with E-state index < -0.39 is 0 Å². The van der Waals surface area contributed by atoms with Crippen LogP contribution in [-0.4, -0.2) is 11.1 Å². The Hall–Kier alpha value is -4.15. The minimum Gasteiger partial charge on any atom is -0.268 e. The number of carbonyl (C=O) groups excluding carboxylic acids is 1. The average molecular weight is 457 g/mol. The molecule has 0 spiro atoms. The molecule has 0 saturated carbocycles. The van der Waals surface area contributed by atoms with Crippen molar-refractivity contribution >= 4 is 61.8 Å². The molecule has 0 N–H and O–H groups in total. The van der Waals surface area contributed by atoms with Crippen LogP contribution in [0.3, 0.4) is 0 Å². The lowest BCUT2D eigenvalue weighted by atomic mass is 10.1. The second-order valence-electron chi connectivity index (χ2n) is 8.05. The summed E-state index contributed by atoms with van der Waals surface area (Å²) in [7, 11) is 0. The number of hydrogen-bond donors (Lipinski definition) is 0. The molecule has 0 unspecified atom stereocenters. The van der Waals surface area contributed by atoms with Crippen LogP contribution in [0.2, 0.25) is 0 Å². The molecule has 0 aromatic heterocycles. The molecule has 162 valence electrons. The normalized spacial score (nSPS) is 16.2. The van der Waals surface area contributed by atoms with Crippen molar-refractivity contribution < 1.29 is 4.79 Å². The zero-order chi connectivity index (χ0) is 22.9. The molecule has 1 aliphatic heterocycles. The van der Waals surface area contributed by atoms with Crippen molar-refractivity contribution in [1.82, 2.24) is 0 Å². The molecule has 5 aromatic carbocycles. The molecule has 0 atom stereocenters. The highest BCUT2D eigenvalue weighted by atomic mass is 32.2. The van der Waals surface area contributed by atoms with E-state index in [1.807, 2.05) is 84.9 Å². The van der Waals surface area contributed by atoms with Crippen molar-refractivity contribution in [3.8, 4) is 0 Å². The topological polar surface area (TPSA) is 32.7 Å². The monoisotopic (exact) mass is 456 g/mol. The third-order valence-electron chi connectivity index (χ3n) is 5.89. The lowest BCUT2D eigenvalue weighted by Crippen LogP contribution is -2.28. The van der Waals surface area contributed by atoms with Crippen LogP contribution in [0, 0.1) is 0 Å². The van der Waals surface area contributed by atoms with E-state index >= 15 is 0 Å². The zero-order valence-corrected chi connectivity index (χ0v) is 19.1. The molecule has 1 fully saturated rings. The molecule has 34 heavy (non-hydrogen) atoms. The van der Waals surface area contributed by atoms with Gasteiger partial charge in [-0.15, -0.1) is 0 Å². The summed E-state index contributed by atoms with van der Waals surface area (Å²) < 4.78 is 0. The van der Waals surface area contributed by atoms with Crippen LogP contribution in [-0.2, 0) is 4.79 Å². The molecular weight excluding hydrogens is 436 g/mol. The number of nitrogens with zero attached hydrogens (tertiary/aromatic N) is 2. The molecule has 1 aliphatic rings. The predicted molar refractivity (Wildman–Crippen MR) is 144 cm³/mol. The van der Waals surface area contributed by atoms with E-state index in [0.717, 1.165) is 38.5 Å². The van der Waals surface area contributed by atoms with Gasteiger partial charge in [0.1, 0.15) is 0 Å². The number of fused-ring (bicyclic) bond motifs is 2. The summed E-state index contributed by atoms with van der Waals surface area (Å²) in [6, 6.07) is 38.4. The SMILES string of the molecule is O=C1/C(=C\c2ccccc2)SC(=Nc2cccc3ccccc23)N1c1cccc2ccccc12. The fourth-order valence-corrected chi connectivity index (χ4v) is 5.26. The van der Waals surface area contributed by atoms with Gasteiger partial charge in [0.2, 0.25) is 0 Å². The summed E-state index contributed by atoms with van der Waals surface area (Å²) in [5.41, 5.74) is 2.67. The lowest BCUT2D eigenvalue weighted by Gasteiger charge is -2.18. The van der Waals surface area contributed by atoms with Gasteiger partial charge < -0.3 is 0 Å². The maximum absolute atomic E-state index is 13.8. The fraction of sp³-hybridized carbons (Fsp3) is 0. The minimum absolute atomic E-state index is 0.0656. The Morgan fingerprint density at radius 1 is 0.647 bits per heavy atom. The Bertz CT molecular complexity index is 1590. The highest BCUT2D eigenvalue weighted by Gasteiger charge is 2.35. The van der Waals surface area contributed by atoms with E-state index in [1.54, 1.807) is 4.90 Å². The van der Waals surface area contributed by atoms with Gasteiger partial charge in [-0.3, -0.25) is 9.69 Å². The van der Waals surface area contributed by atoms with Crippen LogP contribution in [0.15, 0.2) is 125 Å². The van der Waals surface area contributed by atoms with Crippen molar-refractivity contribution in [3.05, 3.63) is 126 Å². The van der Waals surface area contributed by atoms with Gasteiger partial charge >= 0.3 is 0 Å². The van der Waals surface area contributed by atoms with Gasteiger partial charge in [-0.25, -0.2) is 4.99 Å². The quantitative estimate of drug-likeness (QED) is 0.259. The molecule has 0 aliphatic carbocycles. The number of thioether (sulfide) groups is 1. The molecule has 0 bridgehead atoms. The number of hydrogen-bond acceptors (Lipinski definition) is 3. The number of carbonyl (C=O) groups is 1. The number of aliphatic imine (C=N–C) groups is 1. The van der Waals surface area contributed by atoms with E-state index in [9.17, 15) is 4.79 Å². The second-order valence-corrected chi connectivity index (χ2v) is 9.06. The fourth-order valence-electron chi connectivity index (χ4n) is 4.27. The molecule has 5 aromatic rings. The van der Waals surface area contributed by atoms with Gasteiger partial charge in [-0.2, -0.15) is 0 Å². The Morgan fingerprint density at radius 2 is 1.26 bits per heavy atom. The van der Waals surface area contributed by atoms with Crippen LogP contribution < -0.4 is 4.90 Å². The number of rotatable bonds is 3. The van der Waals surface area contributed by atoms with Crippen molar-refractivity contribution in [2.45, 2.75) is 0 Å². The highest BCUT2D eigenvalue weighted by Crippen LogP contribution is 2.40. The largest absolute Gasteiger partial charge is 0.271 e. The second kappa shape index (κ2) is 8.65. The van der Waals surface area contributed by atoms with E-state index in [2.05, 4.69) is 36.4 Å². The smallest absolute Gasteiger partial charge is 0.268 e. The van der Waals surface area contributed by atoms with Gasteiger partial charge in [0.25, 0.3) is 5.91 Å². The van der Waals surface area contributed by atoms with Gasteiger partial charge in [0.15, 0.2) is 5.17 Å². The molecule has 1 saturated heterocycles. The first-order valence-electron chi connectivity index (χ1n) is 11.1. The lowest BCUT2D eigenvalue weighted by molar-refractivity contribution is -0.113. The number of benzene rings is 5. The van der Waals surface area contributed by atoms with E-state index in [4.69, 9.17) is 4.99 Å². The number of amidine groups is 1. The maximum atomic E-state index is 13.8. The minimum atomic E-state index is -0.0656. The van der Waals surface area contributed by atoms with Gasteiger partial charge in [-0.1, -0.05) is 103 Å². The molecule has 0 radical (unpaired) electrons. The van der Waals surface area contributed by atoms with Gasteiger partial charge in [-0.05, 0) is 46.3 Å². The predicted octanol–water partition coefficient (Wildman–Crippen LogP) is 7.80. The standard InChI is InChI=1S/C30H20N2OS/c33-29-28(20-21-10-2-1-3-11-21)34-30(31-26-18-8-14-22-12-4-6-16-24(22)26)32(29)27-19-9-15-23-13-5-7-17-25(23)27/h1-20H/b28-20+,31-30?. The number of amides is 1. The first kappa shape index (κ1) is 20.5. The molecular formula is C30H20N2OS. The van der Waals surface area contributed by atoms with Crippen LogP contribution in [0.5, 0.6) is 0 Å². The van der Waals surface area contributed by atoms with Crippen molar-refractivity contribution in [3.63, 3.8) is 0 Å². The molecule has 6 rings (SSSR count). The first-order valence-corrected chi connectivity index (χ1v) is 11.9. The summed E-state index contributed by atoms with van der Waals surface area (Å²) in [6.07, 6.45) is 1.94. The zero-order valence-electron chi connectivity index (χ0n) is 18.3. The summed E-state index contributed by atoms with van der Waals surface area (Å²) >= 11 is 1.42. The van der Waals surface area contributed by atoms with Crippen molar-refractivity contribution in [1.29, 1.82) is 0 Å². The third-order valence-corrected chi connectivity index (χ3v) is 6.86. The third kappa shape index (κ3) is 3.68.